The molecule has 0 N–H and O–H groups in total. The van der Waals surface area contributed by atoms with Crippen molar-refractivity contribution in [2.75, 3.05) is 4.90 Å². The van der Waals surface area contributed by atoms with Gasteiger partial charge in [-0.2, -0.15) is 0 Å². The average Bonchev–Trinajstić information content (AvgIpc) is 3.98. The van der Waals surface area contributed by atoms with E-state index in [1.54, 1.807) is 24.3 Å². The lowest BCUT2D eigenvalue weighted by molar-refractivity contribution is 0.672. The number of hydrogen-bond acceptors (Lipinski definition) is 2. The highest BCUT2D eigenvalue weighted by atomic mass is 16.3. The van der Waals surface area contributed by atoms with Gasteiger partial charge in [0.15, 0.2) is 0 Å². The predicted molar refractivity (Wildman–Crippen MR) is 249 cm³/mol. The van der Waals surface area contributed by atoms with Gasteiger partial charge in [0, 0.05) is 38.6 Å². The average molecular weight is 768 g/mol. The zero-order valence-electron chi connectivity index (χ0n) is 45.9. The van der Waals surface area contributed by atoms with Crippen molar-refractivity contribution in [2.45, 2.75) is 0 Å². The summed E-state index contributed by atoms with van der Waals surface area (Å²) in [4.78, 5) is 1.17. The molecule has 0 spiro atoms. The third-order valence-electron chi connectivity index (χ3n) is 10.8. The zero-order valence-corrected chi connectivity index (χ0v) is 30.9. The molecule has 12 rings (SSSR count). The molecule has 276 valence electrons. The minimum Gasteiger partial charge on any atom is -0.455 e. The van der Waals surface area contributed by atoms with E-state index in [2.05, 4.69) is 4.57 Å². The van der Waals surface area contributed by atoms with Gasteiger partial charge in [-0.1, -0.05) is 139 Å². The molecular weight excluding hydrogens is 717 g/mol. The van der Waals surface area contributed by atoms with Crippen LogP contribution in [0.15, 0.2) is 222 Å². The summed E-state index contributed by atoms with van der Waals surface area (Å²) < 4.78 is 147. The molecule has 59 heavy (non-hydrogen) atoms. The van der Waals surface area contributed by atoms with Crippen molar-refractivity contribution in [2.24, 2.45) is 0 Å². The van der Waals surface area contributed by atoms with Gasteiger partial charge in [-0.3, -0.25) is 0 Å². The number of para-hydroxylation sites is 2. The lowest BCUT2D eigenvalue weighted by Gasteiger charge is -2.26. The van der Waals surface area contributed by atoms with E-state index < -0.39 is 124 Å². The molecule has 0 saturated carbocycles. The highest BCUT2D eigenvalue weighted by molar-refractivity contribution is 6.19. The number of furan rings is 1. The predicted octanol–water partition coefficient (Wildman–Crippen LogP) is 15.8. The zero-order chi connectivity index (χ0) is 51.9. The molecule has 10 aromatic carbocycles. The van der Waals surface area contributed by atoms with Crippen molar-refractivity contribution in [3.63, 3.8) is 0 Å². The SMILES string of the molecule is [2H]c1c([2H])c(N(c2c([2H])c([2H])c(-c3c([2H])c([2H])c4c([2H])c([2H])c([2H])c([2H])c4c3[2H])c([2H])c2[2H])c2cccc3oc4c5ccccc5ccc4c23)c([2H])c([2H])c1-c1ccc2c(c1)c1ccccc1n2-c1ccccc1. The quantitative estimate of drug-likeness (QED) is 0.168. The minimum atomic E-state index is -0.808. The van der Waals surface area contributed by atoms with E-state index in [-0.39, 0.29) is 11.3 Å². The standard InChI is InChI=1S/C56H36N2O/c1-2-14-44(15-3-1)58-51-18-9-8-17-48(51)50-36-43(28-34-52(50)58)39-25-31-46(32-26-39)57(45-29-23-38(24-30-45)42-22-21-37-11-4-5-13-41(37)35-42)53-19-10-20-54-55(53)49-33-27-40-12-6-7-16-47(40)56(49)59-54/h1-36H/i4D,5D,11D,13D,21D,22D,23D,24D,25D,26D,29D,30D,31D,32D,35D. The molecule has 2 heterocycles. The molecule has 0 aliphatic carbocycles. The summed E-state index contributed by atoms with van der Waals surface area (Å²) in [5.74, 6) is 0. The Morgan fingerprint density at radius 2 is 1.12 bits per heavy atom. The summed E-state index contributed by atoms with van der Waals surface area (Å²) in [5.41, 5.74) is 1.86. The van der Waals surface area contributed by atoms with Crippen molar-refractivity contribution >= 4 is 82.4 Å². The van der Waals surface area contributed by atoms with Crippen LogP contribution in [0.1, 0.15) is 20.6 Å². The maximum atomic E-state index is 9.85. The lowest BCUT2D eigenvalue weighted by Crippen LogP contribution is -2.10. The number of anilines is 3. The summed E-state index contributed by atoms with van der Waals surface area (Å²) in [6.07, 6.45) is 0. The van der Waals surface area contributed by atoms with Crippen LogP contribution in [-0.4, -0.2) is 4.57 Å². The fourth-order valence-corrected chi connectivity index (χ4v) is 8.07. The second kappa shape index (κ2) is 13.4. The number of benzene rings is 10. The third-order valence-corrected chi connectivity index (χ3v) is 10.8. The van der Waals surface area contributed by atoms with Crippen LogP contribution in [0, 0.1) is 0 Å². The van der Waals surface area contributed by atoms with Gasteiger partial charge in [0.2, 0.25) is 0 Å². The smallest absolute Gasteiger partial charge is 0.143 e. The first-order valence-corrected chi connectivity index (χ1v) is 19.0. The molecule has 2 aromatic heterocycles. The Morgan fingerprint density at radius 1 is 0.441 bits per heavy atom. The fourth-order valence-electron chi connectivity index (χ4n) is 8.07. The van der Waals surface area contributed by atoms with Crippen molar-refractivity contribution in [3.05, 3.63) is 218 Å². The van der Waals surface area contributed by atoms with Gasteiger partial charge < -0.3 is 13.9 Å². The molecule has 0 saturated heterocycles. The van der Waals surface area contributed by atoms with Crippen LogP contribution in [0.2, 0.25) is 0 Å². The van der Waals surface area contributed by atoms with Gasteiger partial charge in [-0.05, 0) is 117 Å². The summed E-state index contributed by atoms with van der Waals surface area (Å²) in [7, 11) is 0. The van der Waals surface area contributed by atoms with Gasteiger partial charge in [0.25, 0.3) is 0 Å². The Hall–Kier alpha value is -7.88. The third kappa shape index (κ3) is 5.44. The van der Waals surface area contributed by atoms with E-state index in [1.807, 2.05) is 103 Å². The van der Waals surface area contributed by atoms with E-state index in [0.29, 0.717) is 27.5 Å². The van der Waals surface area contributed by atoms with Crippen LogP contribution in [0.4, 0.5) is 17.1 Å². The molecular formula is C56H36N2O. The van der Waals surface area contributed by atoms with Crippen LogP contribution >= 0.6 is 0 Å². The minimum absolute atomic E-state index is 0.0260. The Bertz CT molecular complexity index is 4400. The Labute approximate surface area is 362 Å². The van der Waals surface area contributed by atoms with E-state index in [0.717, 1.165) is 38.3 Å². The number of hydrogen-bond donors (Lipinski definition) is 0. The molecule has 3 heteroatoms. The molecule has 0 fully saturated rings. The Balaban J connectivity index is 1.14. The Kier molecular flexibility index (Phi) is 4.89. The maximum Gasteiger partial charge on any atom is 0.143 e. The van der Waals surface area contributed by atoms with Gasteiger partial charge in [-0.25, -0.2) is 0 Å². The van der Waals surface area contributed by atoms with E-state index in [1.165, 1.54) is 4.90 Å². The molecule has 0 aliphatic heterocycles. The first-order valence-electron chi connectivity index (χ1n) is 26.5. The van der Waals surface area contributed by atoms with Crippen LogP contribution in [0.5, 0.6) is 0 Å². The van der Waals surface area contributed by atoms with Crippen LogP contribution in [-0.2, 0) is 0 Å². The van der Waals surface area contributed by atoms with Crippen LogP contribution < -0.4 is 4.90 Å². The van der Waals surface area contributed by atoms with Gasteiger partial charge >= 0.3 is 0 Å². The van der Waals surface area contributed by atoms with Gasteiger partial charge in [-0.15, -0.1) is 0 Å². The van der Waals surface area contributed by atoms with Crippen molar-refractivity contribution in [1.82, 2.24) is 4.57 Å². The fraction of sp³-hybridized carbons (Fsp3) is 0. The number of aromatic nitrogens is 1. The van der Waals surface area contributed by atoms with E-state index in [9.17, 15) is 12.3 Å². The second-order valence-corrected chi connectivity index (χ2v) is 14.1. The lowest BCUT2D eigenvalue weighted by atomic mass is 10.00. The summed E-state index contributed by atoms with van der Waals surface area (Å²) in [5, 5.41) is 3.42. The summed E-state index contributed by atoms with van der Waals surface area (Å²) in [6, 6.07) is 29.1. The van der Waals surface area contributed by atoms with Crippen molar-refractivity contribution < 1.29 is 25.0 Å². The summed E-state index contributed by atoms with van der Waals surface area (Å²) in [6.45, 7) is 0. The van der Waals surface area contributed by atoms with E-state index >= 15 is 0 Å². The molecule has 0 aliphatic rings. The topological polar surface area (TPSA) is 21.3 Å². The number of fused-ring (bicyclic) bond motifs is 9. The van der Waals surface area contributed by atoms with Gasteiger partial charge in [0.05, 0.1) is 42.7 Å². The number of rotatable bonds is 6. The maximum absolute atomic E-state index is 9.85. The summed E-state index contributed by atoms with van der Waals surface area (Å²) >= 11 is 0. The van der Waals surface area contributed by atoms with Crippen molar-refractivity contribution in [3.8, 4) is 27.9 Å². The van der Waals surface area contributed by atoms with Crippen LogP contribution in [0.25, 0.3) is 93.2 Å². The second-order valence-electron chi connectivity index (χ2n) is 14.1. The molecule has 0 radical (unpaired) electrons. The monoisotopic (exact) mass is 767 g/mol. The Morgan fingerprint density at radius 3 is 1.93 bits per heavy atom. The normalized spacial score (nSPS) is 15.3. The van der Waals surface area contributed by atoms with Crippen molar-refractivity contribution in [1.29, 1.82) is 0 Å². The molecule has 0 atom stereocenters. The largest absolute Gasteiger partial charge is 0.455 e. The molecule has 0 amide bonds. The number of nitrogens with zero attached hydrogens (tertiary/aromatic N) is 2. The van der Waals surface area contributed by atoms with E-state index in [4.69, 9.17) is 12.6 Å². The molecule has 0 bridgehead atoms. The van der Waals surface area contributed by atoms with Crippen LogP contribution in [0.3, 0.4) is 0 Å². The first kappa shape index (κ1) is 21.6. The molecule has 12 aromatic rings. The highest BCUT2D eigenvalue weighted by Gasteiger charge is 2.21. The molecule has 0 unspecified atom stereocenters. The first-order chi connectivity index (χ1) is 35.5. The highest BCUT2D eigenvalue weighted by Crippen LogP contribution is 2.45. The molecule has 3 nitrogen and oxygen atoms in total. The van der Waals surface area contributed by atoms with Gasteiger partial charge in [0.1, 0.15) is 11.2 Å².